The van der Waals surface area contributed by atoms with E-state index in [0.717, 1.165) is 32.1 Å². The number of nitrogens with one attached hydrogen (secondary N) is 1. The summed E-state index contributed by atoms with van der Waals surface area (Å²) < 4.78 is 5.08. The fraction of sp³-hybridized carbons (Fsp3) is 0.615. The van der Waals surface area contributed by atoms with Gasteiger partial charge in [-0.15, -0.1) is 0 Å². The topological polar surface area (TPSA) is 42.2 Å². The summed E-state index contributed by atoms with van der Waals surface area (Å²) in [6, 6.07) is 3.41. The summed E-state index contributed by atoms with van der Waals surface area (Å²) in [7, 11) is 0. The Hall–Kier alpha value is -0.960. The van der Waals surface area contributed by atoms with Crippen molar-refractivity contribution in [3.63, 3.8) is 0 Å². The second-order valence-electron chi connectivity index (χ2n) is 4.21. The van der Waals surface area contributed by atoms with E-state index in [2.05, 4.69) is 19.2 Å². The predicted molar refractivity (Wildman–Crippen MR) is 69.4 cm³/mol. The molecule has 96 valence electrons. The number of halogens is 1. The van der Waals surface area contributed by atoms with Gasteiger partial charge in [0.05, 0.1) is 0 Å². The van der Waals surface area contributed by atoms with Crippen LogP contribution in [0.3, 0.4) is 0 Å². The van der Waals surface area contributed by atoms with E-state index in [0.29, 0.717) is 0 Å². The van der Waals surface area contributed by atoms with Gasteiger partial charge in [-0.05, 0) is 36.6 Å². The average Bonchev–Trinajstić information content (AvgIpc) is 2.73. The van der Waals surface area contributed by atoms with Gasteiger partial charge in [0.1, 0.15) is 0 Å². The fourth-order valence-electron chi connectivity index (χ4n) is 1.78. The first-order valence-electron chi connectivity index (χ1n) is 6.23. The van der Waals surface area contributed by atoms with Crippen molar-refractivity contribution < 1.29 is 9.21 Å². The summed E-state index contributed by atoms with van der Waals surface area (Å²) in [5.74, 6) is 0.110. The molecule has 1 N–H and O–H groups in total. The van der Waals surface area contributed by atoms with Crippen LogP contribution in [0.4, 0.5) is 0 Å². The third-order valence-electron chi connectivity index (χ3n) is 2.68. The van der Waals surface area contributed by atoms with E-state index in [1.807, 2.05) is 0 Å². The first-order chi connectivity index (χ1) is 8.17. The van der Waals surface area contributed by atoms with E-state index in [1.54, 1.807) is 12.1 Å². The van der Waals surface area contributed by atoms with E-state index >= 15 is 0 Å². The molecule has 0 saturated heterocycles. The zero-order valence-electron chi connectivity index (χ0n) is 10.5. The number of hydrogen-bond donors (Lipinski definition) is 1. The largest absolute Gasteiger partial charge is 0.440 e. The maximum absolute atomic E-state index is 11.8. The lowest BCUT2D eigenvalue weighted by Gasteiger charge is -2.16. The maximum atomic E-state index is 11.8. The van der Waals surface area contributed by atoms with Gasteiger partial charge in [0.25, 0.3) is 5.91 Å². The van der Waals surface area contributed by atoms with Gasteiger partial charge in [0.15, 0.2) is 11.0 Å². The number of hydrogen-bond acceptors (Lipinski definition) is 2. The Balaban J connectivity index is 2.51. The van der Waals surface area contributed by atoms with E-state index < -0.39 is 0 Å². The Kier molecular flexibility index (Phi) is 6.12. The third-order valence-corrected chi connectivity index (χ3v) is 2.88. The molecular formula is C13H20ClNO2. The van der Waals surface area contributed by atoms with Crippen LogP contribution in [0, 0.1) is 0 Å². The molecule has 0 radical (unpaired) electrons. The second kappa shape index (κ2) is 7.38. The normalized spacial score (nSPS) is 12.4. The molecule has 4 heteroatoms. The lowest BCUT2D eigenvalue weighted by Crippen LogP contribution is -2.34. The van der Waals surface area contributed by atoms with Crippen molar-refractivity contribution in [1.29, 1.82) is 0 Å². The molecule has 1 heterocycles. The Bertz CT molecular complexity index is 349. The standard InChI is InChI=1S/C13H20ClNO2/c1-3-5-7-10(6-4-2)15-13(16)11-8-9-12(14)17-11/h8-10H,3-7H2,1-2H3,(H,15,16). The van der Waals surface area contributed by atoms with Crippen molar-refractivity contribution in [3.8, 4) is 0 Å². The monoisotopic (exact) mass is 257 g/mol. The number of carbonyl (C=O) groups is 1. The molecule has 0 spiro atoms. The maximum Gasteiger partial charge on any atom is 0.287 e. The van der Waals surface area contributed by atoms with Crippen LogP contribution in [0.1, 0.15) is 56.5 Å². The SMILES string of the molecule is CCCCC(CCC)NC(=O)c1ccc(Cl)o1. The lowest BCUT2D eigenvalue weighted by atomic mass is 10.1. The van der Waals surface area contributed by atoms with Crippen molar-refractivity contribution in [2.75, 3.05) is 0 Å². The van der Waals surface area contributed by atoms with Crippen LogP contribution in [0.25, 0.3) is 0 Å². The van der Waals surface area contributed by atoms with Crippen LogP contribution in [0.5, 0.6) is 0 Å². The van der Waals surface area contributed by atoms with Gasteiger partial charge in [-0.3, -0.25) is 4.79 Å². The molecule has 0 aliphatic rings. The smallest absolute Gasteiger partial charge is 0.287 e. The van der Waals surface area contributed by atoms with Crippen LogP contribution >= 0.6 is 11.6 Å². The van der Waals surface area contributed by atoms with Gasteiger partial charge in [-0.25, -0.2) is 0 Å². The van der Waals surface area contributed by atoms with Gasteiger partial charge in [0, 0.05) is 6.04 Å². The number of carbonyl (C=O) groups excluding carboxylic acids is 1. The Labute approximate surface area is 108 Å². The molecule has 3 nitrogen and oxygen atoms in total. The molecule has 1 rings (SSSR count). The summed E-state index contributed by atoms with van der Waals surface area (Å²) >= 11 is 5.64. The average molecular weight is 258 g/mol. The highest BCUT2D eigenvalue weighted by Crippen LogP contribution is 2.14. The molecule has 0 saturated carbocycles. The van der Waals surface area contributed by atoms with Gasteiger partial charge >= 0.3 is 0 Å². The first kappa shape index (κ1) is 14.1. The zero-order chi connectivity index (χ0) is 12.7. The van der Waals surface area contributed by atoms with Gasteiger partial charge in [0.2, 0.25) is 0 Å². The molecule has 1 atom stereocenters. The molecular weight excluding hydrogens is 238 g/mol. The Morgan fingerprint density at radius 2 is 2.12 bits per heavy atom. The van der Waals surface area contributed by atoms with Crippen LogP contribution in [-0.2, 0) is 0 Å². The predicted octanol–water partition coefficient (Wildman–Crippen LogP) is 4.02. The molecule has 1 aromatic heterocycles. The molecule has 0 aliphatic carbocycles. The Morgan fingerprint density at radius 1 is 1.35 bits per heavy atom. The highest BCUT2D eigenvalue weighted by atomic mass is 35.5. The highest BCUT2D eigenvalue weighted by molar-refractivity contribution is 6.29. The van der Waals surface area contributed by atoms with E-state index in [-0.39, 0.29) is 22.9 Å². The Morgan fingerprint density at radius 3 is 2.65 bits per heavy atom. The van der Waals surface area contributed by atoms with Gasteiger partial charge in [-0.1, -0.05) is 33.1 Å². The molecule has 1 aromatic rings. The van der Waals surface area contributed by atoms with Gasteiger partial charge < -0.3 is 9.73 Å². The summed E-state index contributed by atoms with van der Waals surface area (Å²) in [5.41, 5.74) is 0. The summed E-state index contributed by atoms with van der Waals surface area (Å²) in [4.78, 5) is 11.8. The third kappa shape index (κ3) is 4.82. The number of unbranched alkanes of at least 4 members (excludes halogenated alkanes) is 1. The van der Waals surface area contributed by atoms with Crippen molar-refractivity contribution in [1.82, 2.24) is 5.32 Å². The first-order valence-corrected chi connectivity index (χ1v) is 6.61. The summed E-state index contributed by atoms with van der Waals surface area (Å²) in [5, 5.41) is 3.24. The van der Waals surface area contributed by atoms with E-state index in [1.165, 1.54) is 0 Å². The fourth-order valence-corrected chi connectivity index (χ4v) is 1.93. The number of rotatable bonds is 7. The van der Waals surface area contributed by atoms with Gasteiger partial charge in [-0.2, -0.15) is 0 Å². The molecule has 0 aromatic carbocycles. The number of furan rings is 1. The molecule has 17 heavy (non-hydrogen) atoms. The zero-order valence-corrected chi connectivity index (χ0v) is 11.2. The van der Waals surface area contributed by atoms with Crippen molar-refractivity contribution in [3.05, 3.63) is 23.1 Å². The summed E-state index contributed by atoms with van der Waals surface area (Å²) in [6.07, 6.45) is 5.35. The highest BCUT2D eigenvalue weighted by Gasteiger charge is 2.15. The summed E-state index contributed by atoms with van der Waals surface area (Å²) in [6.45, 7) is 4.27. The molecule has 1 unspecified atom stereocenters. The van der Waals surface area contributed by atoms with Crippen LogP contribution < -0.4 is 5.32 Å². The van der Waals surface area contributed by atoms with Crippen molar-refractivity contribution in [2.45, 2.75) is 52.0 Å². The van der Waals surface area contributed by atoms with Crippen LogP contribution in [0.15, 0.2) is 16.5 Å². The van der Waals surface area contributed by atoms with E-state index in [4.69, 9.17) is 16.0 Å². The minimum atomic E-state index is -0.175. The molecule has 1 amide bonds. The molecule has 0 aliphatic heterocycles. The minimum Gasteiger partial charge on any atom is -0.440 e. The number of amides is 1. The van der Waals surface area contributed by atoms with Crippen LogP contribution in [-0.4, -0.2) is 11.9 Å². The second-order valence-corrected chi connectivity index (χ2v) is 4.58. The van der Waals surface area contributed by atoms with Crippen molar-refractivity contribution in [2.24, 2.45) is 0 Å². The molecule has 0 bridgehead atoms. The van der Waals surface area contributed by atoms with Crippen LogP contribution in [0.2, 0.25) is 5.22 Å². The van der Waals surface area contributed by atoms with Crippen molar-refractivity contribution >= 4 is 17.5 Å². The molecule has 0 fully saturated rings. The minimum absolute atomic E-state index is 0.175. The quantitative estimate of drug-likeness (QED) is 0.802. The lowest BCUT2D eigenvalue weighted by molar-refractivity contribution is 0.0904. The van der Waals surface area contributed by atoms with E-state index in [9.17, 15) is 4.79 Å².